The highest BCUT2D eigenvalue weighted by atomic mass is 35.5. The predicted octanol–water partition coefficient (Wildman–Crippen LogP) is 1.95. The molecule has 1 N–H and O–H groups in total. The molecule has 0 radical (unpaired) electrons. The molecule has 1 aromatic rings. The number of piperidine rings is 1. The summed E-state index contributed by atoms with van der Waals surface area (Å²) in [6.07, 6.45) is 6.69. The van der Waals surface area contributed by atoms with Crippen molar-refractivity contribution in [2.45, 2.75) is 25.3 Å². The number of carbonyl (C=O) groups is 1. The smallest absolute Gasteiger partial charge is 0.252 e. The number of hydrogen-bond acceptors (Lipinski definition) is 3. The molecule has 5 heteroatoms. The van der Waals surface area contributed by atoms with Gasteiger partial charge in [0.05, 0.1) is 10.6 Å². The van der Waals surface area contributed by atoms with E-state index in [0.717, 1.165) is 13.0 Å². The number of nitrogens with one attached hydrogen (secondary N) is 1. The molecule has 18 heavy (non-hydrogen) atoms. The second-order valence-electron chi connectivity index (χ2n) is 4.70. The van der Waals surface area contributed by atoms with Gasteiger partial charge in [-0.3, -0.25) is 9.78 Å². The zero-order chi connectivity index (χ0) is 13.0. The normalized spacial score (nSPS) is 20.7. The Labute approximate surface area is 112 Å². The van der Waals surface area contributed by atoms with Gasteiger partial charge in [-0.05, 0) is 32.5 Å². The average Bonchev–Trinajstić information content (AvgIpc) is 2.38. The van der Waals surface area contributed by atoms with Crippen molar-refractivity contribution >= 4 is 17.5 Å². The molecule has 2 rings (SSSR count). The molecule has 2 heterocycles. The van der Waals surface area contributed by atoms with Gasteiger partial charge >= 0.3 is 0 Å². The van der Waals surface area contributed by atoms with Crippen LogP contribution in [0, 0.1) is 0 Å². The van der Waals surface area contributed by atoms with E-state index in [4.69, 9.17) is 11.6 Å². The van der Waals surface area contributed by atoms with Gasteiger partial charge in [0.25, 0.3) is 5.91 Å². The van der Waals surface area contributed by atoms with E-state index in [0.29, 0.717) is 23.2 Å². The lowest BCUT2D eigenvalue weighted by Gasteiger charge is -2.32. The summed E-state index contributed by atoms with van der Waals surface area (Å²) < 4.78 is 0. The van der Waals surface area contributed by atoms with Gasteiger partial charge in [0.15, 0.2) is 0 Å². The third-order valence-electron chi connectivity index (χ3n) is 3.44. The Kier molecular flexibility index (Phi) is 4.55. The van der Waals surface area contributed by atoms with E-state index in [1.54, 1.807) is 12.3 Å². The van der Waals surface area contributed by atoms with E-state index in [2.05, 4.69) is 22.2 Å². The minimum atomic E-state index is -0.124. The Morgan fingerprint density at radius 1 is 1.61 bits per heavy atom. The first-order valence-corrected chi connectivity index (χ1v) is 6.64. The van der Waals surface area contributed by atoms with Crippen LogP contribution in [-0.2, 0) is 0 Å². The van der Waals surface area contributed by atoms with Crippen LogP contribution >= 0.6 is 11.6 Å². The lowest BCUT2D eigenvalue weighted by molar-refractivity contribution is 0.0928. The number of aromatic nitrogens is 1. The van der Waals surface area contributed by atoms with Crippen LogP contribution in [0.15, 0.2) is 18.5 Å². The second-order valence-corrected chi connectivity index (χ2v) is 5.10. The number of halogens is 1. The first kappa shape index (κ1) is 13.3. The molecule has 1 atom stereocenters. The maximum atomic E-state index is 12.0. The van der Waals surface area contributed by atoms with Crippen molar-refractivity contribution in [2.24, 2.45) is 0 Å². The number of rotatable bonds is 3. The molecule has 1 saturated heterocycles. The van der Waals surface area contributed by atoms with E-state index < -0.39 is 0 Å². The van der Waals surface area contributed by atoms with Crippen molar-refractivity contribution in [3.05, 3.63) is 29.0 Å². The number of hydrogen-bond donors (Lipinski definition) is 1. The summed E-state index contributed by atoms with van der Waals surface area (Å²) in [6, 6.07) is 2.07. The van der Waals surface area contributed by atoms with Gasteiger partial charge < -0.3 is 10.2 Å². The maximum absolute atomic E-state index is 12.0. The van der Waals surface area contributed by atoms with Crippen LogP contribution in [0.5, 0.6) is 0 Å². The van der Waals surface area contributed by atoms with Gasteiger partial charge in [-0.15, -0.1) is 0 Å². The lowest BCUT2D eigenvalue weighted by atomic mass is 10.0. The van der Waals surface area contributed by atoms with Gasteiger partial charge in [0, 0.05) is 25.0 Å². The molecule has 1 aromatic heterocycles. The third kappa shape index (κ3) is 3.21. The number of carbonyl (C=O) groups excluding carboxylic acids is 1. The van der Waals surface area contributed by atoms with E-state index in [-0.39, 0.29) is 5.91 Å². The SMILES string of the molecule is CN1CCCCC1CNC(=O)c1ccncc1Cl. The molecule has 0 bridgehead atoms. The fraction of sp³-hybridized carbons (Fsp3) is 0.538. The number of amides is 1. The topological polar surface area (TPSA) is 45.2 Å². The zero-order valence-electron chi connectivity index (χ0n) is 10.5. The highest BCUT2D eigenvalue weighted by Crippen LogP contribution is 2.15. The zero-order valence-corrected chi connectivity index (χ0v) is 11.3. The number of likely N-dealkylation sites (N-methyl/N-ethyl adjacent to an activating group) is 1. The molecular weight excluding hydrogens is 250 g/mol. The van der Waals surface area contributed by atoms with E-state index in [9.17, 15) is 4.79 Å². The van der Waals surface area contributed by atoms with Crippen LogP contribution < -0.4 is 5.32 Å². The van der Waals surface area contributed by atoms with Crippen LogP contribution in [0.2, 0.25) is 5.02 Å². The van der Waals surface area contributed by atoms with Gasteiger partial charge in [-0.1, -0.05) is 18.0 Å². The Morgan fingerprint density at radius 2 is 2.44 bits per heavy atom. The standard InChI is InChI=1S/C13H18ClN3O/c1-17-7-3-2-4-10(17)8-16-13(18)11-5-6-15-9-12(11)14/h5-6,9-10H,2-4,7-8H2,1H3,(H,16,18). The van der Waals surface area contributed by atoms with E-state index >= 15 is 0 Å². The molecule has 0 spiro atoms. The minimum absolute atomic E-state index is 0.124. The van der Waals surface area contributed by atoms with Crippen molar-refractivity contribution < 1.29 is 4.79 Å². The Balaban J connectivity index is 1.90. The largest absolute Gasteiger partial charge is 0.350 e. The quantitative estimate of drug-likeness (QED) is 0.911. The fourth-order valence-electron chi connectivity index (χ4n) is 2.27. The molecule has 0 aliphatic carbocycles. The molecule has 1 amide bonds. The van der Waals surface area contributed by atoms with Crippen molar-refractivity contribution in [1.82, 2.24) is 15.2 Å². The van der Waals surface area contributed by atoms with Gasteiger partial charge in [-0.2, -0.15) is 0 Å². The fourth-order valence-corrected chi connectivity index (χ4v) is 2.47. The van der Waals surface area contributed by atoms with Gasteiger partial charge in [0.2, 0.25) is 0 Å². The summed E-state index contributed by atoms with van der Waals surface area (Å²) in [5, 5.41) is 3.34. The summed E-state index contributed by atoms with van der Waals surface area (Å²) >= 11 is 5.94. The second kappa shape index (κ2) is 6.16. The number of nitrogens with zero attached hydrogens (tertiary/aromatic N) is 2. The summed E-state index contributed by atoms with van der Waals surface area (Å²) in [5.74, 6) is -0.124. The minimum Gasteiger partial charge on any atom is -0.350 e. The Morgan fingerprint density at radius 3 is 3.17 bits per heavy atom. The van der Waals surface area contributed by atoms with Crippen LogP contribution in [0.1, 0.15) is 29.6 Å². The van der Waals surface area contributed by atoms with Crippen LogP contribution in [0.4, 0.5) is 0 Å². The van der Waals surface area contributed by atoms with Crippen molar-refractivity contribution in [2.75, 3.05) is 20.1 Å². The average molecular weight is 268 g/mol. The van der Waals surface area contributed by atoms with Crippen molar-refractivity contribution in [1.29, 1.82) is 0 Å². The first-order chi connectivity index (χ1) is 8.68. The van der Waals surface area contributed by atoms with E-state index in [1.807, 2.05) is 0 Å². The summed E-state index contributed by atoms with van der Waals surface area (Å²) in [6.45, 7) is 1.78. The van der Waals surface area contributed by atoms with Gasteiger partial charge in [0.1, 0.15) is 0 Å². The Hall–Kier alpha value is -1.13. The molecule has 98 valence electrons. The summed E-state index contributed by atoms with van der Waals surface area (Å²) in [7, 11) is 2.11. The summed E-state index contributed by atoms with van der Waals surface area (Å²) in [4.78, 5) is 18.1. The highest BCUT2D eigenvalue weighted by molar-refractivity contribution is 6.33. The molecule has 1 aliphatic heterocycles. The maximum Gasteiger partial charge on any atom is 0.252 e. The molecular formula is C13H18ClN3O. The Bertz CT molecular complexity index is 424. The predicted molar refractivity (Wildman–Crippen MR) is 71.8 cm³/mol. The first-order valence-electron chi connectivity index (χ1n) is 6.26. The molecule has 1 aliphatic rings. The van der Waals surface area contributed by atoms with Crippen molar-refractivity contribution in [3.8, 4) is 0 Å². The monoisotopic (exact) mass is 267 g/mol. The van der Waals surface area contributed by atoms with Gasteiger partial charge in [-0.25, -0.2) is 0 Å². The van der Waals surface area contributed by atoms with Crippen molar-refractivity contribution in [3.63, 3.8) is 0 Å². The third-order valence-corrected chi connectivity index (χ3v) is 3.74. The van der Waals surface area contributed by atoms with Crippen LogP contribution in [0.25, 0.3) is 0 Å². The van der Waals surface area contributed by atoms with Crippen LogP contribution in [0.3, 0.4) is 0 Å². The number of pyridine rings is 1. The van der Waals surface area contributed by atoms with Crippen LogP contribution in [-0.4, -0.2) is 42.0 Å². The lowest BCUT2D eigenvalue weighted by Crippen LogP contribution is -2.44. The molecule has 1 unspecified atom stereocenters. The summed E-state index contributed by atoms with van der Waals surface area (Å²) in [5.41, 5.74) is 0.491. The van der Waals surface area contributed by atoms with E-state index in [1.165, 1.54) is 19.0 Å². The molecule has 4 nitrogen and oxygen atoms in total. The molecule has 0 saturated carbocycles. The number of likely N-dealkylation sites (tertiary alicyclic amines) is 1. The molecule has 0 aromatic carbocycles. The molecule has 1 fully saturated rings. The highest BCUT2D eigenvalue weighted by Gasteiger charge is 2.20.